The van der Waals surface area contributed by atoms with E-state index in [2.05, 4.69) is 40.2 Å². The number of carbonyl (C=O) groups is 1. The largest absolute Gasteiger partial charge is 0.748 e. The molecule has 0 fully saturated rings. The molecule has 0 aliphatic heterocycles. The second kappa shape index (κ2) is 13.9. The van der Waals surface area contributed by atoms with Gasteiger partial charge in [0.15, 0.2) is 0 Å². The summed E-state index contributed by atoms with van der Waals surface area (Å²) < 4.78 is 67.6. The lowest BCUT2D eigenvalue weighted by molar-refractivity contribution is -0.632. The van der Waals surface area contributed by atoms with E-state index in [9.17, 15) is 13.2 Å². The van der Waals surface area contributed by atoms with Gasteiger partial charge >= 0.3 is 5.97 Å². The molecule has 1 aromatic heterocycles. The predicted molar refractivity (Wildman–Crippen MR) is 169 cm³/mol. The number of hydrogen-bond donors (Lipinski definition) is 1. The summed E-state index contributed by atoms with van der Waals surface area (Å²) in [6.07, 6.45) is 1.79. The van der Waals surface area contributed by atoms with Crippen molar-refractivity contribution in [2.75, 3.05) is 38.1 Å². The van der Waals surface area contributed by atoms with E-state index < -0.39 is 25.8 Å². The summed E-state index contributed by atoms with van der Waals surface area (Å²) in [4.78, 5) is 12.6. The van der Waals surface area contributed by atoms with E-state index in [1.807, 2.05) is 65.2 Å². The standard InChI is InChI=1S/C30H34N2O6S.CH4O3S/c1-30(2,3)38-28(33)18-20-7-13-24-25-14-10-22(31-4)19-27(25)32(5)29(26(24)17-20)21-8-11-23(12-9-21)36-15-16-37-39(6,34)35;1-5(2,3)4/h7-14,17,19H,15-16,18H2,1-6H3;1H3,(H,2,3,4). The van der Waals surface area contributed by atoms with Crippen molar-refractivity contribution in [2.45, 2.75) is 32.8 Å². The molecule has 4 aromatic rings. The molecule has 3 aromatic carbocycles. The molecule has 44 heavy (non-hydrogen) atoms. The van der Waals surface area contributed by atoms with E-state index in [0.29, 0.717) is 12.0 Å². The van der Waals surface area contributed by atoms with Crippen LogP contribution in [-0.4, -0.2) is 65.7 Å². The molecule has 4 rings (SSSR count). The minimum Gasteiger partial charge on any atom is -0.748 e. The van der Waals surface area contributed by atoms with Crippen molar-refractivity contribution < 1.29 is 44.4 Å². The second-order valence-electron chi connectivity index (χ2n) is 11.1. The highest BCUT2D eigenvalue weighted by atomic mass is 32.2. The number of aromatic nitrogens is 1. The molecule has 13 heteroatoms. The van der Waals surface area contributed by atoms with Gasteiger partial charge in [0, 0.05) is 36.0 Å². The van der Waals surface area contributed by atoms with Crippen molar-refractivity contribution >= 4 is 53.6 Å². The number of aryl methyl sites for hydroxylation is 1. The maximum Gasteiger partial charge on any atom is 0.310 e. The Morgan fingerprint density at radius 2 is 1.50 bits per heavy atom. The number of nitrogens with one attached hydrogen (secondary N) is 1. The van der Waals surface area contributed by atoms with Crippen molar-refractivity contribution in [1.82, 2.24) is 0 Å². The van der Waals surface area contributed by atoms with Gasteiger partial charge in [-0.05, 0) is 68.8 Å². The summed E-state index contributed by atoms with van der Waals surface area (Å²) in [5, 5.41) is 6.40. The highest BCUT2D eigenvalue weighted by Gasteiger charge is 2.23. The quantitative estimate of drug-likeness (QED) is 0.0707. The van der Waals surface area contributed by atoms with Gasteiger partial charge in [0.2, 0.25) is 11.2 Å². The lowest BCUT2D eigenvalue weighted by Crippen LogP contribution is -2.32. The van der Waals surface area contributed by atoms with Gasteiger partial charge in [-0.1, -0.05) is 12.1 Å². The van der Waals surface area contributed by atoms with Gasteiger partial charge in [-0.25, -0.2) is 8.42 Å². The number of pyridine rings is 1. The Morgan fingerprint density at radius 1 is 0.886 bits per heavy atom. The monoisotopic (exact) mass is 646 g/mol. The number of rotatable bonds is 9. The van der Waals surface area contributed by atoms with Gasteiger partial charge in [0.05, 0.1) is 33.6 Å². The van der Waals surface area contributed by atoms with Crippen LogP contribution < -0.4 is 14.6 Å². The number of anilines is 1. The topological polar surface area (TPSA) is 152 Å². The van der Waals surface area contributed by atoms with Gasteiger partial charge in [-0.3, -0.25) is 8.98 Å². The highest BCUT2D eigenvalue weighted by molar-refractivity contribution is 7.86. The van der Waals surface area contributed by atoms with Crippen molar-refractivity contribution in [3.05, 3.63) is 66.2 Å². The lowest BCUT2D eigenvalue weighted by Gasteiger charge is -2.19. The lowest BCUT2D eigenvalue weighted by atomic mass is 9.96. The first-order chi connectivity index (χ1) is 20.3. The third-order valence-electron chi connectivity index (χ3n) is 6.16. The molecule has 0 bridgehead atoms. The first-order valence-corrected chi connectivity index (χ1v) is 17.2. The normalized spacial score (nSPS) is 12.0. The van der Waals surface area contributed by atoms with E-state index >= 15 is 0 Å². The maximum atomic E-state index is 12.6. The van der Waals surface area contributed by atoms with E-state index in [1.54, 1.807) is 0 Å². The van der Waals surface area contributed by atoms with Crippen LogP contribution in [0.2, 0.25) is 0 Å². The van der Waals surface area contributed by atoms with Crippen molar-refractivity contribution in [1.29, 1.82) is 0 Å². The number of fused-ring (bicyclic) bond motifs is 3. The van der Waals surface area contributed by atoms with Crippen LogP contribution >= 0.6 is 0 Å². The number of benzene rings is 3. The fraction of sp³-hybridized carbons (Fsp3) is 0.355. The highest BCUT2D eigenvalue weighted by Crippen LogP contribution is 2.33. The van der Waals surface area contributed by atoms with Crippen molar-refractivity contribution in [3.8, 4) is 17.0 Å². The zero-order valence-corrected chi connectivity index (χ0v) is 27.5. The second-order valence-corrected chi connectivity index (χ2v) is 14.2. The Kier molecular flexibility index (Phi) is 11.0. The Bertz CT molecular complexity index is 1860. The Labute approximate surface area is 258 Å². The molecule has 0 aliphatic carbocycles. The molecule has 0 amide bonds. The molecular weight excluding hydrogens is 608 g/mol. The molecule has 0 saturated heterocycles. The molecule has 1 heterocycles. The van der Waals surface area contributed by atoms with Crippen LogP contribution in [0, 0.1) is 0 Å². The number of hydrogen-bond acceptors (Lipinski definition) is 10. The molecule has 0 atom stereocenters. The summed E-state index contributed by atoms with van der Waals surface area (Å²) in [6, 6.07) is 20.0. The van der Waals surface area contributed by atoms with Crippen LogP contribution in [0.1, 0.15) is 26.3 Å². The van der Waals surface area contributed by atoms with Crippen LogP contribution in [0.3, 0.4) is 0 Å². The Hall–Kier alpha value is -3.78. The van der Waals surface area contributed by atoms with Gasteiger partial charge in [-0.15, -0.1) is 0 Å². The minimum absolute atomic E-state index is 0.0565. The number of esters is 1. The third kappa shape index (κ3) is 10.4. The van der Waals surface area contributed by atoms with Gasteiger partial charge in [0.1, 0.15) is 31.6 Å². The van der Waals surface area contributed by atoms with Gasteiger partial charge in [-0.2, -0.15) is 13.0 Å². The molecule has 0 radical (unpaired) electrons. The van der Waals surface area contributed by atoms with Crippen LogP contribution in [0.15, 0.2) is 60.7 Å². The van der Waals surface area contributed by atoms with Crippen LogP contribution in [-0.2, 0) is 47.4 Å². The molecule has 0 spiro atoms. The average Bonchev–Trinajstić information content (AvgIpc) is 2.89. The van der Waals surface area contributed by atoms with Crippen LogP contribution in [0.4, 0.5) is 5.69 Å². The molecule has 11 nitrogen and oxygen atoms in total. The van der Waals surface area contributed by atoms with E-state index in [4.69, 9.17) is 26.6 Å². The summed E-state index contributed by atoms with van der Waals surface area (Å²) in [5.41, 5.74) is 4.34. The predicted octanol–water partition coefficient (Wildman–Crippen LogP) is 3.93. The zero-order chi connectivity index (χ0) is 32.9. The Balaban J connectivity index is 0.000000978. The molecule has 238 valence electrons. The number of ether oxygens (including phenoxy) is 2. The van der Waals surface area contributed by atoms with Crippen LogP contribution in [0.5, 0.6) is 5.75 Å². The summed E-state index contributed by atoms with van der Waals surface area (Å²) in [5.74, 6) is 0.334. The summed E-state index contributed by atoms with van der Waals surface area (Å²) in [7, 11) is -3.50. The number of carbonyl (C=O) groups excluding carboxylic acids is 1. The average molecular weight is 647 g/mol. The SMILES string of the molecule is CNc1ccc2c3ccc(CC(=O)OC(C)(C)C)cc3c(-c3ccc(OCCOS(C)(=O)=O)cc3)[n+](C)c2c1.CS(=O)(=O)[O-]. The fourth-order valence-corrected chi connectivity index (χ4v) is 4.94. The molecular formula is C31H38N2O9S2. The molecule has 1 N–H and O–H groups in total. The van der Waals surface area contributed by atoms with E-state index in [-0.39, 0.29) is 25.6 Å². The van der Waals surface area contributed by atoms with Gasteiger partial charge < -0.3 is 19.3 Å². The smallest absolute Gasteiger partial charge is 0.310 e. The Morgan fingerprint density at radius 3 is 2.07 bits per heavy atom. The fourth-order valence-electron chi connectivity index (χ4n) is 4.57. The minimum atomic E-state index is -3.92. The molecule has 0 saturated carbocycles. The third-order valence-corrected chi connectivity index (χ3v) is 6.75. The van der Waals surface area contributed by atoms with E-state index in [1.165, 1.54) is 0 Å². The van der Waals surface area contributed by atoms with Crippen molar-refractivity contribution in [2.24, 2.45) is 7.05 Å². The first kappa shape index (κ1) is 34.7. The van der Waals surface area contributed by atoms with Crippen LogP contribution in [0.25, 0.3) is 32.9 Å². The van der Waals surface area contributed by atoms with E-state index in [0.717, 1.165) is 50.4 Å². The van der Waals surface area contributed by atoms with Crippen molar-refractivity contribution in [3.63, 3.8) is 0 Å². The molecule has 0 unspecified atom stereocenters. The summed E-state index contributed by atoms with van der Waals surface area (Å²) in [6.45, 7) is 5.64. The van der Waals surface area contributed by atoms with Gasteiger partial charge in [0.25, 0.3) is 10.1 Å². The first-order valence-electron chi connectivity index (χ1n) is 13.6. The summed E-state index contributed by atoms with van der Waals surface area (Å²) >= 11 is 0. The molecule has 0 aliphatic rings. The number of nitrogens with zero attached hydrogens (tertiary/aromatic N) is 1. The zero-order valence-electron chi connectivity index (χ0n) is 25.8. The maximum absolute atomic E-state index is 12.6.